The highest BCUT2D eigenvalue weighted by atomic mass is 35.5. The summed E-state index contributed by atoms with van der Waals surface area (Å²) in [5, 5.41) is 17.4. The molecule has 0 saturated carbocycles. The second-order valence-corrected chi connectivity index (χ2v) is 7.56. The zero-order valence-corrected chi connectivity index (χ0v) is 17.7. The van der Waals surface area contributed by atoms with Crippen molar-refractivity contribution in [1.82, 2.24) is 0 Å². The zero-order valence-electron chi connectivity index (χ0n) is 15.4. The number of thiocarbonyl (C=S) groups is 1. The molecule has 3 rings (SSSR count). The van der Waals surface area contributed by atoms with E-state index in [9.17, 15) is 5.11 Å². The number of para-hydroxylation sites is 1. The van der Waals surface area contributed by atoms with E-state index in [-0.39, 0.29) is 10.8 Å². The van der Waals surface area contributed by atoms with Crippen LogP contribution in [0.2, 0.25) is 10.0 Å². The van der Waals surface area contributed by atoms with Crippen LogP contribution in [0.25, 0.3) is 11.5 Å². The van der Waals surface area contributed by atoms with E-state index in [4.69, 9.17) is 35.4 Å². The summed E-state index contributed by atoms with van der Waals surface area (Å²) in [6, 6.07) is 16.3. The SMILES string of the molecule is Cc1cccc(C)c1NC(=S)/C(=C(\[O-])c1ccc(Cl)cc1Cl)[n+]1ccccc1. The number of hydrogen-bond acceptors (Lipinski definition) is 2. The summed E-state index contributed by atoms with van der Waals surface area (Å²) in [5.74, 6) is -0.290. The molecular weight excluding hydrogens is 411 g/mol. The molecule has 0 aliphatic rings. The first kappa shape index (κ1) is 20.3. The molecule has 3 nitrogen and oxygen atoms in total. The Labute approximate surface area is 179 Å². The first-order chi connectivity index (χ1) is 13.4. The van der Waals surface area contributed by atoms with Gasteiger partial charge < -0.3 is 10.4 Å². The number of aromatic nitrogens is 1. The lowest BCUT2D eigenvalue weighted by atomic mass is 10.1. The predicted octanol–water partition coefficient (Wildman–Crippen LogP) is 5.02. The Kier molecular flexibility index (Phi) is 6.35. The number of nitrogens with one attached hydrogen (secondary N) is 1. The first-order valence-electron chi connectivity index (χ1n) is 8.59. The molecule has 0 aliphatic carbocycles. The lowest BCUT2D eigenvalue weighted by Gasteiger charge is -2.19. The fourth-order valence-corrected chi connectivity index (χ4v) is 3.67. The number of pyridine rings is 1. The molecule has 142 valence electrons. The molecule has 0 atom stereocenters. The molecule has 3 aromatic rings. The molecule has 0 radical (unpaired) electrons. The van der Waals surface area contributed by atoms with Gasteiger partial charge in [0.25, 0.3) is 0 Å². The number of aryl methyl sites for hydroxylation is 2. The second-order valence-electron chi connectivity index (χ2n) is 6.31. The summed E-state index contributed by atoms with van der Waals surface area (Å²) in [4.78, 5) is 0.310. The Morgan fingerprint density at radius 3 is 2.21 bits per heavy atom. The van der Waals surface area contributed by atoms with E-state index in [2.05, 4.69) is 5.32 Å². The fraction of sp³-hybridized carbons (Fsp3) is 0.0909. The second kappa shape index (κ2) is 8.74. The summed E-state index contributed by atoms with van der Waals surface area (Å²) >= 11 is 17.9. The van der Waals surface area contributed by atoms with Crippen molar-refractivity contribution >= 4 is 57.6 Å². The minimum absolute atomic E-state index is 0.279. The van der Waals surface area contributed by atoms with Crippen molar-refractivity contribution in [2.45, 2.75) is 13.8 Å². The van der Waals surface area contributed by atoms with Crippen LogP contribution < -0.4 is 15.0 Å². The van der Waals surface area contributed by atoms with E-state index in [1.54, 1.807) is 35.2 Å². The van der Waals surface area contributed by atoms with Gasteiger partial charge in [-0.15, -0.1) is 0 Å². The Balaban J connectivity index is 2.13. The maximum absolute atomic E-state index is 13.4. The maximum Gasteiger partial charge on any atom is 0.238 e. The van der Waals surface area contributed by atoms with E-state index in [0.29, 0.717) is 21.3 Å². The standard InChI is InChI=1S/C22H18Cl2N2OS/c1-14-7-6-8-15(2)19(14)25-22(28)20(26-11-4-3-5-12-26)21(27)17-10-9-16(23)13-18(17)24/h3-13H,1-2H3,(H-,25,27,28). The molecule has 0 fully saturated rings. The molecule has 0 aliphatic heterocycles. The van der Waals surface area contributed by atoms with Gasteiger partial charge in [-0.05, 0) is 48.4 Å². The first-order valence-corrected chi connectivity index (χ1v) is 9.76. The van der Waals surface area contributed by atoms with Crippen LogP contribution in [0.15, 0.2) is 67.0 Å². The molecular formula is C22H18Cl2N2OS. The number of hydrogen-bond donors (Lipinski definition) is 1. The van der Waals surface area contributed by atoms with Crippen molar-refractivity contribution < 1.29 is 9.67 Å². The minimum atomic E-state index is -0.290. The molecule has 0 amide bonds. The molecule has 0 bridgehead atoms. The van der Waals surface area contributed by atoms with E-state index in [1.165, 1.54) is 0 Å². The average Bonchev–Trinajstić information content (AvgIpc) is 2.66. The van der Waals surface area contributed by atoms with Crippen molar-refractivity contribution in [2.75, 3.05) is 5.32 Å². The van der Waals surface area contributed by atoms with E-state index in [0.717, 1.165) is 16.8 Å². The predicted molar refractivity (Wildman–Crippen MR) is 118 cm³/mol. The van der Waals surface area contributed by atoms with Gasteiger partial charge in [-0.25, -0.2) is 0 Å². The van der Waals surface area contributed by atoms with Gasteiger partial charge in [0.1, 0.15) is 0 Å². The molecule has 1 heterocycles. The molecule has 2 aromatic carbocycles. The summed E-state index contributed by atoms with van der Waals surface area (Å²) < 4.78 is 1.69. The van der Waals surface area contributed by atoms with Crippen molar-refractivity contribution in [3.8, 4) is 0 Å². The van der Waals surface area contributed by atoms with Crippen molar-refractivity contribution in [3.05, 3.63) is 93.7 Å². The fourth-order valence-electron chi connectivity index (χ4n) is 2.87. The molecule has 6 heteroatoms. The molecule has 28 heavy (non-hydrogen) atoms. The maximum atomic E-state index is 13.4. The van der Waals surface area contributed by atoms with Gasteiger partial charge in [-0.1, -0.05) is 65.8 Å². The van der Waals surface area contributed by atoms with Crippen LogP contribution in [0.5, 0.6) is 0 Å². The molecule has 0 unspecified atom stereocenters. The lowest BCUT2D eigenvalue weighted by molar-refractivity contribution is -0.577. The van der Waals surface area contributed by atoms with Crippen LogP contribution in [-0.4, -0.2) is 4.99 Å². The number of benzene rings is 2. The number of rotatable bonds is 4. The Hall–Kier alpha value is -2.40. The van der Waals surface area contributed by atoms with Gasteiger partial charge in [0, 0.05) is 27.9 Å². The highest BCUT2D eigenvalue weighted by molar-refractivity contribution is 7.81. The van der Waals surface area contributed by atoms with Crippen molar-refractivity contribution in [3.63, 3.8) is 0 Å². The number of nitrogens with zero attached hydrogens (tertiary/aromatic N) is 1. The van der Waals surface area contributed by atoms with Gasteiger partial charge >= 0.3 is 0 Å². The third-order valence-corrected chi connectivity index (χ3v) is 5.14. The van der Waals surface area contributed by atoms with Crippen LogP contribution >= 0.6 is 35.4 Å². The topological polar surface area (TPSA) is 39.0 Å². The van der Waals surface area contributed by atoms with E-state index >= 15 is 0 Å². The van der Waals surface area contributed by atoms with Crippen LogP contribution in [0.1, 0.15) is 16.7 Å². The van der Waals surface area contributed by atoms with Gasteiger partial charge in [0.05, 0.1) is 0 Å². The van der Waals surface area contributed by atoms with Crippen molar-refractivity contribution in [2.24, 2.45) is 0 Å². The van der Waals surface area contributed by atoms with Gasteiger partial charge in [-0.2, -0.15) is 4.57 Å². The quantitative estimate of drug-likeness (QED) is 0.274. The third-order valence-electron chi connectivity index (χ3n) is 4.30. The van der Waals surface area contributed by atoms with Crippen LogP contribution in [0, 0.1) is 13.8 Å². The Morgan fingerprint density at radius 1 is 0.964 bits per heavy atom. The smallest absolute Gasteiger partial charge is 0.238 e. The largest absolute Gasteiger partial charge is 0.867 e. The molecule has 1 N–H and O–H groups in total. The molecule has 0 spiro atoms. The highest BCUT2D eigenvalue weighted by Gasteiger charge is 2.20. The average molecular weight is 429 g/mol. The summed E-state index contributed by atoms with van der Waals surface area (Å²) in [6.07, 6.45) is 3.55. The summed E-state index contributed by atoms with van der Waals surface area (Å²) in [6.45, 7) is 3.98. The number of halogens is 2. The van der Waals surface area contributed by atoms with Crippen LogP contribution in [0.4, 0.5) is 5.69 Å². The van der Waals surface area contributed by atoms with Crippen molar-refractivity contribution in [1.29, 1.82) is 0 Å². The molecule has 0 saturated heterocycles. The minimum Gasteiger partial charge on any atom is -0.867 e. The van der Waals surface area contributed by atoms with E-state index in [1.807, 2.05) is 50.2 Å². The third kappa shape index (κ3) is 4.36. The monoisotopic (exact) mass is 428 g/mol. The zero-order chi connectivity index (χ0) is 20.3. The summed E-state index contributed by atoms with van der Waals surface area (Å²) in [7, 11) is 0. The van der Waals surface area contributed by atoms with Gasteiger partial charge in [0.15, 0.2) is 17.4 Å². The highest BCUT2D eigenvalue weighted by Crippen LogP contribution is 2.27. The van der Waals surface area contributed by atoms with E-state index < -0.39 is 0 Å². The van der Waals surface area contributed by atoms with Gasteiger partial charge in [-0.3, -0.25) is 0 Å². The van der Waals surface area contributed by atoms with Gasteiger partial charge in [0.2, 0.25) is 5.70 Å². The Bertz CT molecular complexity index is 1050. The Morgan fingerprint density at radius 2 is 1.61 bits per heavy atom. The van der Waals surface area contributed by atoms with Crippen LogP contribution in [-0.2, 0) is 0 Å². The number of anilines is 1. The van der Waals surface area contributed by atoms with Crippen LogP contribution in [0.3, 0.4) is 0 Å². The molecule has 1 aromatic heterocycles. The lowest BCUT2D eigenvalue weighted by Crippen LogP contribution is -2.40. The summed E-state index contributed by atoms with van der Waals surface area (Å²) in [5.41, 5.74) is 3.61. The normalized spacial score (nSPS) is 11.7.